The van der Waals surface area contributed by atoms with E-state index in [1.54, 1.807) is 0 Å². The molecule has 0 aliphatic carbocycles. The maximum Gasteiger partial charge on any atom is 0.258 e. The summed E-state index contributed by atoms with van der Waals surface area (Å²) in [6, 6.07) is 5.39. The Labute approximate surface area is 128 Å². The fourth-order valence-corrected chi connectivity index (χ4v) is 2.43. The number of ether oxygens (including phenoxy) is 1. The number of nitrogens with zero attached hydrogens (tertiary/aromatic N) is 2. The Hall–Kier alpha value is -2.14. The van der Waals surface area contributed by atoms with Gasteiger partial charge in [0.05, 0.1) is 7.11 Å². The molecule has 5 nitrogen and oxygen atoms in total. The average molecular weight is 306 g/mol. The molecule has 0 unspecified atom stereocenters. The molecule has 2 rings (SSSR count). The van der Waals surface area contributed by atoms with E-state index < -0.39 is 0 Å². The van der Waals surface area contributed by atoms with E-state index in [0.717, 1.165) is 16.7 Å². The van der Waals surface area contributed by atoms with Crippen LogP contribution in [0.3, 0.4) is 0 Å². The molecule has 0 atom stereocenters. The van der Waals surface area contributed by atoms with Gasteiger partial charge in [0.1, 0.15) is 5.15 Å². The van der Waals surface area contributed by atoms with Crippen LogP contribution >= 0.6 is 11.6 Å². The van der Waals surface area contributed by atoms with Gasteiger partial charge in [-0.3, -0.25) is 10.1 Å². The van der Waals surface area contributed by atoms with Crippen molar-refractivity contribution in [2.24, 2.45) is 0 Å². The van der Waals surface area contributed by atoms with Crippen LogP contribution in [0.4, 0.5) is 5.95 Å². The van der Waals surface area contributed by atoms with Gasteiger partial charge in [0.15, 0.2) is 0 Å². The largest absolute Gasteiger partial charge is 0.481 e. The number of rotatable bonds is 3. The van der Waals surface area contributed by atoms with Crippen molar-refractivity contribution in [3.05, 3.63) is 45.6 Å². The first-order valence-corrected chi connectivity index (χ1v) is 6.76. The van der Waals surface area contributed by atoms with Crippen molar-refractivity contribution >= 4 is 23.5 Å². The number of halogens is 1. The van der Waals surface area contributed by atoms with E-state index in [0.29, 0.717) is 11.4 Å². The molecule has 110 valence electrons. The Morgan fingerprint density at radius 2 is 1.76 bits per heavy atom. The lowest BCUT2D eigenvalue weighted by Gasteiger charge is -2.11. The number of hydrogen-bond donors (Lipinski definition) is 1. The summed E-state index contributed by atoms with van der Waals surface area (Å²) in [4.78, 5) is 20.4. The van der Waals surface area contributed by atoms with Gasteiger partial charge in [0.25, 0.3) is 5.91 Å². The summed E-state index contributed by atoms with van der Waals surface area (Å²) >= 11 is 5.86. The third-order valence-corrected chi connectivity index (χ3v) is 3.20. The molecule has 21 heavy (non-hydrogen) atoms. The van der Waals surface area contributed by atoms with Crippen LogP contribution in [0.1, 0.15) is 27.0 Å². The first kappa shape index (κ1) is 15.3. The van der Waals surface area contributed by atoms with Crippen LogP contribution in [0, 0.1) is 20.8 Å². The van der Waals surface area contributed by atoms with Crippen LogP contribution in [0.5, 0.6) is 5.88 Å². The molecule has 0 radical (unpaired) electrons. The normalized spacial score (nSPS) is 10.3. The summed E-state index contributed by atoms with van der Waals surface area (Å²) in [6.45, 7) is 5.79. The zero-order chi connectivity index (χ0) is 15.6. The van der Waals surface area contributed by atoms with Gasteiger partial charge in [0, 0.05) is 11.6 Å². The molecule has 0 saturated heterocycles. The molecule has 1 aromatic heterocycles. The fourth-order valence-electron chi connectivity index (χ4n) is 2.26. The minimum atomic E-state index is -0.269. The maximum atomic E-state index is 12.4. The van der Waals surface area contributed by atoms with Crippen molar-refractivity contribution in [2.45, 2.75) is 20.8 Å². The molecule has 1 aromatic carbocycles. The van der Waals surface area contributed by atoms with Crippen molar-refractivity contribution in [1.29, 1.82) is 0 Å². The molecule has 1 heterocycles. The third-order valence-electron chi connectivity index (χ3n) is 3.01. The number of carbonyl (C=O) groups is 1. The van der Waals surface area contributed by atoms with E-state index >= 15 is 0 Å². The maximum absolute atomic E-state index is 12.4. The minimum Gasteiger partial charge on any atom is -0.481 e. The third kappa shape index (κ3) is 3.49. The van der Waals surface area contributed by atoms with Gasteiger partial charge in [-0.25, -0.2) is 4.98 Å². The highest BCUT2D eigenvalue weighted by Gasteiger charge is 2.15. The highest BCUT2D eigenvalue weighted by atomic mass is 35.5. The molecule has 2 aromatic rings. The number of carbonyl (C=O) groups excluding carboxylic acids is 1. The summed E-state index contributed by atoms with van der Waals surface area (Å²) < 4.78 is 5.00. The molecule has 0 spiro atoms. The van der Waals surface area contributed by atoms with Crippen LogP contribution in [-0.2, 0) is 0 Å². The fraction of sp³-hybridized carbons (Fsp3) is 0.267. The van der Waals surface area contributed by atoms with Crippen molar-refractivity contribution in [3.63, 3.8) is 0 Å². The lowest BCUT2D eigenvalue weighted by molar-refractivity contribution is 0.102. The SMILES string of the molecule is COc1cc(Cl)nc(NC(=O)c2c(C)cc(C)cc2C)n1. The van der Waals surface area contributed by atoms with Gasteiger partial charge < -0.3 is 4.74 Å². The Kier molecular flexibility index (Phi) is 4.43. The van der Waals surface area contributed by atoms with E-state index in [1.165, 1.54) is 13.2 Å². The van der Waals surface area contributed by atoms with Gasteiger partial charge in [0.2, 0.25) is 11.8 Å². The zero-order valence-electron chi connectivity index (χ0n) is 12.3. The number of methoxy groups -OCH3 is 1. The number of aryl methyl sites for hydroxylation is 3. The van der Waals surface area contributed by atoms with Crippen molar-refractivity contribution < 1.29 is 9.53 Å². The van der Waals surface area contributed by atoms with Crippen LogP contribution in [0.2, 0.25) is 5.15 Å². The number of anilines is 1. The lowest BCUT2D eigenvalue weighted by Crippen LogP contribution is -2.17. The number of hydrogen-bond acceptors (Lipinski definition) is 4. The van der Waals surface area contributed by atoms with Gasteiger partial charge in [-0.05, 0) is 31.9 Å². The lowest BCUT2D eigenvalue weighted by atomic mass is 9.99. The molecule has 0 fully saturated rings. The van der Waals surface area contributed by atoms with Gasteiger partial charge in [-0.2, -0.15) is 4.98 Å². The van der Waals surface area contributed by atoms with Gasteiger partial charge in [-0.1, -0.05) is 29.3 Å². The van der Waals surface area contributed by atoms with E-state index in [4.69, 9.17) is 16.3 Å². The van der Waals surface area contributed by atoms with Crippen molar-refractivity contribution in [2.75, 3.05) is 12.4 Å². The second-order valence-electron chi connectivity index (χ2n) is 4.78. The summed E-state index contributed by atoms with van der Waals surface area (Å²) in [7, 11) is 1.47. The molecule has 1 N–H and O–H groups in total. The quantitative estimate of drug-likeness (QED) is 0.884. The second-order valence-corrected chi connectivity index (χ2v) is 5.17. The molecule has 0 bridgehead atoms. The number of amides is 1. The standard InChI is InChI=1S/C15H16ClN3O2/c1-8-5-9(2)13(10(3)6-8)14(20)19-15-17-11(16)7-12(18-15)21-4/h5-7H,1-4H3,(H,17,18,19,20). The molecule has 0 saturated carbocycles. The van der Waals surface area contributed by atoms with Crippen molar-refractivity contribution in [3.8, 4) is 5.88 Å². The monoisotopic (exact) mass is 305 g/mol. The van der Waals surface area contributed by atoms with E-state index in [-0.39, 0.29) is 17.0 Å². The Morgan fingerprint density at radius 1 is 1.14 bits per heavy atom. The number of nitrogens with one attached hydrogen (secondary N) is 1. The predicted molar refractivity (Wildman–Crippen MR) is 82.2 cm³/mol. The Morgan fingerprint density at radius 3 is 2.33 bits per heavy atom. The molecule has 0 aliphatic heterocycles. The van der Waals surface area contributed by atoms with Crippen LogP contribution in [-0.4, -0.2) is 23.0 Å². The molecule has 1 amide bonds. The summed E-state index contributed by atoms with van der Waals surface area (Å²) in [6.07, 6.45) is 0. The second kappa shape index (κ2) is 6.10. The molecule has 0 aliphatic rings. The minimum absolute atomic E-state index is 0.115. The first-order valence-electron chi connectivity index (χ1n) is 6.38. The van der Waals surface area contributed by atoms with Gasteiger partial charge in [-0.15, -0.1) is 0 Å². The number of benzene rings is 1. The summed E-state index contributed by atoms with van der Waals surface area (Å²) in [5, 5.41) is 2.85. The van der Waals surface area contributed by atoms with E-state index in [1.807, 2.05) is 32.9 Å². The smallest absolute Gasteiger partial charge is 0.258 e. The zero-order valence-corrected chi connectivity index (χ0v) is 13.1. The Balaban J connectivity index is 2.32. The highest BCUT2D eigenvalue weighted by molar-refractivity contribution is 6.29. The topological polar surface area (TPSA) is 64.1 Å². The van der Waals surface area contributed by atoms with Crippen LogP contribution in [0.25, 0.3) is 0 Å². The summed E-state index contributed by atoms with van der Waals surface area (Å²) in [5.41, 5.74) is 3.53. The average Bonchev–Trinajstić information content (AvgIpc) is 2.36. The molecular weight excluding hydrogens is 290 g/mol. The number of aromatic nitrogens is 2. The van der Waals surface area contributed by atoms with Crippen LogP contribution in [0.15, 0.2) is 18.2 Å². The van der Waals surface area contributed by atoms with Crippen molar-refractivity contribution in [1.82, 2.24) is 9.97 Å². The van der Waals surface area contributed by atoms with Gasteiger partial charge >= 0.3 is 0 Å². The van der Waals surface area contributed by atoms with Crippen LogP contribution < -0.4 is 10.1 Å². The Bertz CT molecular complexity index is 678. The summed E-state index contributed by atoms with van der Waals surface area (Å²) in [5.74, 6) is 0.140. The molecular formula is C15H16ClN3O2. The predicted octanol–water partition coefficient (Wildman–Crippen LogP) is 3.32. The first-order chi connectivity index (χ1) is 9.90. The van der Waals surface area contributed by atoms with E-state index in [2.05, 4.69) is 15.3 Å². The highest BCUT2D eigenvalue weighted by Crippen LogP contribution is 2.19. The molecule has 6 heteroatoms. The van der Waals surface area contributed by atoms with E-state index in [9.17, 15) is 4.79 Å².